The van der Waals surface area contributed by atoms with E-state index in [1.807, 2.05) is 23.2 Å². The molecule has 2 aliphatic rings. The summed E-state index contributed by atoms with van der Waals surface area (Å²) in [5.74, 6) is 2.36. The van der Waals surface area contributed by atoms with E-state index in [-0.39, 0.29) is 24.0 Å². The van der Waals surface area contributed by atoms with Crippen LogP contribution in [0, 0.1) is 0 Å². The molecule has 0 saturated carbocycles. The average molecular weight is 514 g/mol. The quantitative estimate of drug-likeness (QED) is 0.274. The highest BCUT2D eigenvalue weighted by Gasteiger charge is 2.20. The molecule has 7 nitrogen and oxygen atoms in total. The first-order chi connectivity index (χ1) is 13.8. The smallest absolute Gasteiger partial charge is 0.222 e. The summed E-state index contributed by atoms with van der Waals surface area (Å²) in [6.45, 7) is 9.24. The van der Waals surface area contributed by atoms with Crippen molar-refractivity contribution in [2.75, 3.05) is 57.3 Å². The Balaban J connectivity index is 0.00000300. The molecule has 0 aromatic carbocycles. The summed E-state index contributed by atoms with van der Waals surface area (Å²) in [6, 6.07) is 6.06. The van der Waals surface area contributed by atoms with Gasteiger partial charge in [0, 0.05) is 65.0 Å². The molecule has 1 N–H and O–H groups in total. The monoisotopic (exact) mass is 514 g/mol. The number of piperazine rings is 1. The van der Waals surface area contributed by atoms with Gasteiger partial charge in [0.2, 0.25) is 5.91 Å². The van der Waals surface area contributed by atoms with E-state index >= 15 is 0 Å². The van der Waals surface area contributed by atoms with Crippen LogP contribution < -0.4 is 10.2 Å². The van der Waals surface area contributed by atoms with Crippen LogP contribution in [0.2, 0.25) is 0 Å². The molecule has 2 aliphatic heterocycles. The number of aliphatic imine (C=N–C) groups is 1. The van der Waals surface area contributed by atoms with Gasteiger partial charge in [-0.3, -0.25) is 9.79 Å². The lowest BCUT2D eigenvalue weighted by atomic mass is 10.2. The van der Waals surface area contributed by atoms with Crippen molar-refractivity contribution >= 4 is 41.7 Å². The van der Waals surface area contributed by atoms with Crippen molar-refractivity contribution < 1.29 is 4.79 Å². The second-order valence-electron chi connectivity index (χ2n) is 7.44. The molecule has 0 radical (unpaired) electrons. The number of carbonyl (C=O) groups is 1. The van der Waals surface area contributed by atoms with Crippen LogP contribution in [0.5, 0.6) is 0 Å². The van der Waals surface area contributed by atoms with Crippen LogP contribution in [0.15, 0.2) is 29.4 Å². The van der Waals surface area contributed by atoms with Crippen molar-refractivity contribution in [2.24, 2.45) is 4.99 Å². The van der Waals surface area contributed by atoms with E-state index in [1.54, 1.807) is 0 Å². The minimum atomic E-state index is 0. The molecule has 1 aromatic heterocycles. The molecular formula is C21H35IN6O. The molecule has 1 amide bonds. The molecule has 2 saturated heterocycles. The number of anilines is 1. The third-order valence-corrected chi connectivity index (χ3v) is 5.41. The highest BCUT2D eigenvalue weighted by molar-refractivity contribution is 14.0. The number of pyridine rings is 1. The second-order valence-corrected chi connectivity index (χ2v) is 7.44. The number of nitrogens with zero attached hydrogens (tertiary/aromatic N) is 5. The van der Waals surface area contributed by atoms with Crippen LogP contribution in [0.1, 0.15) is 39.0 Å². The summed E-state index contributed by atoms with van der Waals surface area (Å²) in [4.78, 5) is 28.1. The summed E-state index contributed by atoms with van der Waals surface area (Å²) in [6.07, 6.45) is 6.85. The van der Waals surface area contributed by atoms with Gasteiger partial charge < -0.3 is 20.0 Å². The molecule has 2 fully saturated rings. The highest BCUT2D eigenvalue weighted by atomic mass is 127. The number of aromatic nitrogens is 1. The predicted molar refractivity (Wildman–Crippen MR) is 129 cm³/mol. The maximum Gasteiger partial charge on any atom is 0.222 e. The zero-order valence-electron chi connectivity index (χ0n) is 17.6. The number of nitrogens with one attached hydrogen (secondary N) is 1. The number of hydrogen-bond donors (Lipinski definition) is 1. The van der Waals surface area contributed by atoms with Gasteiger partial charge in [0.05, 0.1) is 0 Å². The number of amides is 1. The molecule has 3 heterocycles. The van der Waals surface area contributed by atoms with E-state index in [1.165, 1.54) is 6.42 Å². The molecule has 0 unspecified atom stereocenters. The highest BCUT2D eigenvalue weighted by Crippen LogP contribution is 2.13. The summed E-state index contributed by atoms with van der Waals surface area (Å²) in [7, 11) is 0. The fraction of sp³-hybridized carbons (Fsp3) is 0.667. The molecule has 0 atom stereocenters. The van der Waals surface area contributed by atoms with E-state index in [9.17, 15) is 4.79 Å². The molecule has 0 spiro atoms. The normalized spacial score (nSPS) is 18.3. The predicted octanol–water partition coefficient (Wildman–Crippen LogP) is 2.58. The van der Waals surface area contributed by atoms with E-state index in [4.69, 9.17) is 4.99 Å². The first-order valence-corrected chi connectivity index (χ1v) is 10.7. The summed E-state index contributed by atoms with van der Waals surface area (Å²) >= 11 is 0. The van der Waals surface area contributed by atoms with Crippen molar-refractivity contribution in [3.63, 3.8) is 0 Å². The lowest BCUT2D eigenvalue weighted by molar-refractivity contribution is -0.130. The Kier molecular flexibility index (Phi) is 10.5. The molecule has 3 rings (SSSR count). The molecule has 0 bridgehead atoms. The summed E-state index contributed by atoms with van der Waals surface area (Å²) in [5, 5.41) is 3.43. The van der Waals surface area contributed by atoms with Crippen LogP contribution in [-0.2, 0) is 4.79 Å². The zero-order chi connectivity index (χ0) is 19.6. The van der Waals surface area contributed by atoms with E-state index in [2.05, 4.69) is 33.1 Å². The van der Waals surface area contributed by atoms with Crippen molar-refractivity contribution in [1.82, 2.24) is 20.1 Å². The fourth-order valence-electron chi connectivity index (χ4n) is 3.84. The van der Waals surface area contributed by atoms with Crippen molar-refractivity contribution in [3.05, 3.63) is 24.4 Å². The van der Waals surface area contributed by atoms with Gasteiger partial charge >= 0.3 is 0 Å². The van der Waals surface area contributed by atoms with Gasteiger partial charge in [0.25, 0.3) is 0 Å². The van der Waals surface area contributed by atoms with Crippen LogP contribution >= 0.6 is 24.0 Å². The van der Waals surface area contributed by atoms with Crippen molar-refractivity contribution in [1.29, 1.82) is 0 Å². The summed E-state index contributed by atoms with van der Waals surface area (Å²) in [5.41, 5.74) is 0. The third-order valence-electron chi connectivity index (χ3n) is 5.41. The number of carbonyl (C=O) groups excluding carboxylic acids is 1. The number of likely N-dealkylation sites (tertiary alicyclic amines) is 1. The fourth-order valence-corrected chi connectivity index (χ4v) is 3.84. The topological polar surface area (TPSA) is 64.1 Å². The van der Waals surface area contributed by atoms with Gasteiger partial charge in [-0.05, 0) is 38.3 Å². The third kappa shape index (κ3) is 7.31. The van der Waals surface area contributed by atoms with E-state index in [0.29, 0.717) is 12.3 Å². The maximum atomic E-state index is 12.1. The van der Waals surface area contributed by atoms with E-state index < -0.39 is 0 Å². The summed E-state index contributed by atoms with van der Waals surface area (Å²) < 4.78 is 0. The molecule has 8 heteroatoms. The first kappa shape index (κ1) is 23.7. The number of halogens is 1. The molecule has 1 aromatic rings. The van der Waals surface area contributed by atoms with Gasteiger partial charge in [-0.25, -0.2) is 4.98 Å². The van der Waals surface area contributed by atoms with Crippen LogP contribution in [-0.4, -0.2) is 79.0 Å². The number of guanidine groups is 1. The van der Waals surface area contributed by atoms with Crippen molar-refractivity contribution in [3.8, 4) is 0 Å². The maximum absolute atomic E-state index is 12.1. The Morgan fingerprint density at radius 1 is 1.14 bits per heavy atom. The van der Waals surface area contributed by atoms with Gasteiger partial charge in [0.15, 0.2) is 5.96 Å². The lowest BCUT2D eigenvalue weighted by Crippen LogP contribution is -2.52. The Morgan fingerprint density at radius 3 is 2.69 bits per heavy atom. The number of hydrogen-bond acceptors (Lipinski definition) is 4. The van der Waals surface area contributed by atoms with Gasteiger partial charge in [0.1, 0.15) is 5.82 Å². The van der Waals surface area contributed by atoms with Gasteiger partial charge in [-0.15, -0.1) is 24.0 Å². The Labute approximate surface area is 192 Å². The average Bonchev–Trinajstić information content (AvgIpc) is 2.95. The Bertz CT molecular complexity index is 633. The van der Waals surface area contributed by atoms with Gasteiger partial charge in [-0.2, -0.15) is 0 Å². The second kappa shape index (κ2) is 12.9. The standard InChI is InChI=1S/C21H34N6O.HI/c1-2-22-21(24-12-8-14-26-13-7-3-4-10-20(26)28)27-17-15-25(16-18-27)19-9-5-6-11-23-19;/h5-6,9,11H,2-4,7-8,10,12-18H2,1H3,(H,22,24);1H. The molecule has 29 heavy (non-hydrogen) atoms. The molecule has 0 aliphatic carbocycles. The van der Waals surface area contributed by atoms with Crippen LogP contribution in [0.25, 0.3) is 0 Å². The lowest BCUT2D eigenvalue weighted by Gasteiger charge is -2.37. The first-order valence-electron chi connectivity index (χ1n) is 10.7. The Morgan fingerprint density at radius 2 is 1.97 bits per heavy atom. The SMILES string of the molecule is CCNC(=NCCCN1CCCCCC1=O)N1CCN(c2ccccn2)CC1.I. The number of rotatable bonds is 6. The van der Waals surface area contributed by atoms with Gasteiger partial charge in [-0.1, -0.05) is 12.5 Å². The minimum absolute atomic E-state index is 0. The zero-order valence-corrected chi connectivity index (χ0v) is 19.9. The van der Waals surface area contributed by atoms with Crippen molar-refractivity contribution in [2.45, 2.75) is 39.0 Å². The minimum Gasteiger partial charge on any atom is -0.357 e. The molecular weight excluding hydrogens is 479 g/mol. The van der Waals surface area contributed by atoms with Crippen LogP contribution in [0.3, 0.4) is 0 Å². The van der Waals surface area contributed by atoms with E-state index in [0.717, 1.165) is 83.4 Å². The van der Waals surface area contributed by atoms with Crippen LogP contribution in [0.4, 0.5) is 5.82 Å². The molecule has 162 valence electrons. The largest absolute Gasteiger partial charge is 0.357 e. The Hall–Kier alpha value is -1.58.